The van der Waals surface area contributed by atoms with E-state index in [1.165, 1.54) is 6.92 Å². The summed E-state index contributed by atoms with van der Waals surface area (Å²) in [6.45, 7) is 1.56. The second-order valence-corrected chi connectivity index (χ2v) is 3.36. The van der Waals surface area contributed by atoms with Gasteiger partial charge in [0, 0.05) is 0 Å². The van der Waals surface area contributed by atoms with Crippen molar-refractivity contribution in [1.29, 1.82) is 0 Å². The van der Waals surface area contributed by atoms with Crippen molar-refractivity contribution in [2.24, 2.45) is 5.73 Å². The first-order valence-electron chi connectivity index (χ1n) is 2.64. The lowest BCUT2D eigenvalue weighted by Gasteiger charge is -1.98. The highest BCUT2D eigenvalue weighted by molar-refractivity contribution is 8.05. The average Bonchev–Trinajstić information content (AvgIpc) is 1.89. The van der Waals surface area contributed by atoms with E-state index in [4.69, 9.17) is 5.73 Å². The molecule has 0 heterocycles. The van der Waals surface area contributed by atoms with Crippen molar-refractivity contribution in [3.05, 3.63) is 0 Å². The normalized spacial score (nSPS) is 11.0. The Bertz CT molecular complexity index is 207. The molecular weight excluding hydrogens is 158 g/mol. The van der Waals surface area contributed by atoms with Crippen molar-refractivity contribution < 1.29 is 17.9 Å². The molecule has 0 aromatic rings. The number of carbonyl (C=O) groups excluding carboxylic acids is 1. The first kappa shape index (κ1) is 9.38. The van der Waals surface area contributed by atoms with Crippen molar-refractivity contribution in [3.63, 3.8) is 0 Å². The molecular formula is C4H9NO4S. The van der Waals surface area contributed by atoms with Crippen LogP contribution < -0.4 is 5.73 Å². The Morgan fingerprint density at radius 2 is 2.10 bits per heavy atom. The van der Waals surface area contributed by atoms with E-state index in [2.05, 4.69) is 4.74 Å². The second kappa shape index (κ2) is 3.52. The lowest BCUT2D eigenvalue weighted by atomic mass is 10.9. The summed E-state index contributed by atoms with van der Waals surface area (Å²) in [5, 5.41) is -1.25. The van der Waals surface area contributed by atoms with Gasteiger partial charge >= 0.3 is 5.30 Å². The molecule has 0 aliphatic carbocycles. The second-order valence-electron chi connectivity index (χ2n) is 1.46. The van der Waals surface area contributed by atoms with Crippen LogP contribution in [0.3, 0.4) is 0 Å². The largest absolute Gasteiger partial charge is 0.454 e. The van der Waals surface area contributed by atoms with E-state index < -0.39 is 21.0 Å². The number of carbonyl (C=O) groups is 1. The molecule has 6 heteroatoms. The quantitative estimate of drug-likeness (QED) is 0.559. The fraction of sp³-hybridized carbons (Fsp3) is 0.750. The van der Waals surface area contributed by atoms with Gasteiger partial charge in [-0.15, -0.1) is 0 Å². The molecule has 0 atom stereocenters. The third-order valence-electron chi connectivity index (χ3n) is 0.736. The van der Waals surface area contributed by atoms with Crippen LogP contribution in [0.15, 0.2) is 0 Å². The van der Waals surface area contributed by atoms with Gasteiger partial charge in [0.1, 0.15) is 5.88 Å². The summed E-state index contributed by atoms with van der Waals surface area (Å²) in [5.41, 5.74) is 4.75. The van der Waals surface area contributed by atoms with Crippen LogP contribution in [0.5, 0.6) is 0 Å². The van der Waals surface area contributed by atoms with Crippen LogP contribution in [-0.2, 0) is 14.6 Å². The summed E-state index contributed by atoms with van der Waals surface area (Å²) >= 11 is 0. The van der Waals surface area contributed by atoms with Crippen molar-refractivity contribution in [3.8, 4) is 0 Å². The topological polar surface area (TPSA) is 86.5 Å². The first-order chi connectivity index (χ1) is 4.54. The van der Waals surface area contributed by atoms with Crippen molar-refractivity contribution in [2.45, 2.75) is 6.92 Å². The summed E-state index contributed by atoms with van der Waals surface area (Å²) < 4.78 is 25.2. The molecule has 0 amide bonds. The summed E-state index contributed by atoms with van der Waals surface area (Å²) in [6.07, 6.45) is 0. The maximum atomic E-state index is 10.5. The molecule has 5 nitrogen and oxygen atoms in total. The van der Waals surface area contributed by atoms with Gasteiger partial charge in [-0.1, -0.05) is 0 Å². The minimum Gasteiger partial charge on any atom is -0.454 e. The molecule has 2 N–H and O–H groups in total. The van der Waals surface area contributed by atoms with Gasteiger partial charge < -0.3 is 10.5 Å². The molecule has 10 heavy (non-hydrogen) atoms. The Hall–Kier alpha value is -0.620. The molecule has 0 saturated heterocycles. The Morgan fingerprint density at radius 1 is 1.60 bits per heavy atom. The van der Waals surface area contributed by atoms with Gasteiger partial charge in [-0.3, -0.25) is 0 Å². The van der Waals surface area contributed by atoms with Crippen LogP contribution >= 0.6 is 0 Å². The summed E-state index contributed by atoms with van der Waals surface area (Å²) in [6, 6.07) is 0. The van der Waals surface area contributed by atoms with Crippen LogP contribution in [0.2, 0.25) is 0 Å². The number of hydrogen-bond donors (Lipinski definition) is 1. The molecule has 0 spiro atoms. The Balaban J connectivity index is 4.21. The van der Waals surface area contributed by atoms with E-state index >= 15 is 0 Å². The van der Waals surface area contributed by atoms with Gasteiger partial charge in [0.25, 0.3) is 9.84 Å². The van der Waals surface area contributed by atoms with Gasteiger partial charge in [-0.2, -0.15) is 0 Å². The monoisotopic (exact) mass is 167 g/mol. The van der Waals surface area contributed by atoms with Crippen molar-refractivity contribution in [2.75, 3.05) is 12.5 Å². The highest BCUT2D eigenvalue weighted by atomic mass is 32.2. The zero-order valence-electron chi connectivity index (χ0n) is 5.53. The van der Waals surface area contributed by atoms with Gasteiger partial charge in [0.15, 0.2) is 0 Å². The lowest BCUT2D eigenvalue weighted by Crippen LogP contribution is -2.24. The van der Waals surface area contributed by atoms with Gasteiger partial charge in [-0.25, -0.2) is 13.2 Å². The van der Waals surface area contributed by atoms with Gasteiger partial charge in [-0.05, 0) is 6.92 Å². The molecule has 0 aromatic heterocycles. The molecule has 0 fully saturated rings. The molecule has 0 radical (unpaired) electrons. The first-order valence-corrected chi connectivity index (χ1v) is 4.29. The number of sulfone groups is 1. The van der Waals surface area contributed by atoms with E-state index in [0.717, 1.165) is 0 Å². The number of ether oxygens (including phenoxy) is 1. The molecule has 0 bridgehead atoms. The molecule has 0 aromatic carbocycles. The smallest absolute Gasteiger partial charge is 0.426 e. The average molecular weight is 167 g/mol. The number of hydrogen-bond acceptors (Lipinski definition) is 5. The van der Waals surface area contributed by atoms with E-state index in [-0.39, 0.29) is 6.61 Å². The van der Waals surface area contributed by atoms with Crippen LogP contribution in [0.25, 0.3) is 0 Å². The SMILES string of the molecule is CCOC(=O)S(=O)(=O)CN. The maximum Gasteiger partial charge on any atom is 0.426 e. The fourth-order valence-electron chi connectivity index (χ4n) is 0.276. The predicted molar refractivity (Wildman–Crippen MR) is 35.0 cm³/mol. The molecule has 0 saturated carbocycles. The van der Waals surface area contributed by atoms with E-state index in [9.17, 15) is 13.2 Å². The third kappa shape index (κ3) is 2.32. The molecule has 60 valence electrons. The van der Waals surface area contributed by atoms with Crippen molar-refractivity contribution >= 4 is 15.1 Å². The Morgan fingerprint density at radius 3 is 2.40 bits per heavy atom. The maximum absolute atomic E-state index is 10.5. The molecule has 0 aliphatic rings. The molecule has 0 unspecified atom stereocenters. The summed E-state index contributed by atoms with van der Waals surface area (Å²) in [4.78, 5) is 10.4. The van der Waals surface area contributed by atoms with Crippen molar-refractivity contribution in [1.82, 2.24) is 0 Å². The zero-order valence-corrected chi connectivity index (χ0v) is 6.35. The fourth-order valence-corrected chi connectivity index (χ4v) is 0.709. The standard InChI is InChI=1S/C4H9NO4S/c1-2-9-4(6)10(7,8)3-5/h2-3,5H2,1H3. The minimum absolute atomic E-state index is 0.0397. The predicted octanol–water partition coefficient (Wildman–Crippen LogP) is -0.526. The van der Waals surface area contributed by atoms with Crippen LogP contribution in [0.4, 0.5) is 4.79 Å². The van der Waals surface area contributed by atoms with E-state index in [1.807, 2.05) is 0 Å². The summed E-state index contributed by atoms with van der Waals surface area (Å²) in [5.74, 6) is -0.703. The minimum atomic E-state index is -3.84. The summed E-state index contributed by atoms with van der Waals surface area (Å²) in [7, 11) is -3.84. The Labute approximate surface area is 59.1 Å². The van der Waals surface area contributed by atoms with Crippen LogP contribution in [0, 0.1) is 0 Å². The highest BCUT2D eigenvalue weighted by Crippen LogP contribution is 1.92. The molecule has 0 rings (SSSR count). The van der Waals surface area contributed by atoms with Crippen LogP contribution in [0.1, 0.15) is 6.92 Å². The van der Waals surface area contributed by atoms with E-state index in [0.29, 0.717) is 0 Å². The van der Waals surface area contributed by atoms with Crippen LogP contribution in [-0.4, -0.2) is 26.2 Å². The lowest BCUT2D eigenvalue weighted by molar-refractivity contribution is 0.178. The highest BCUT2D eigenvalue weighted by Gasteiger charge is 2.20. The van der Waals surface area contributed by atoms with Gasteiger partial charge in [0.05, 0.1) is 6.61 Å². The number of nitrogens with two attached hydrogens (primary N) is 1. The number of rotatable bonds is 2. The zero-order chi connectivity index (χ0) is 8.20. The molecule has 0 aliphatic heterocycles. The third-order valence-corrected chi connectivity index (χ3v) is 1.80. The Kier molecular flexibility index (Phi) is 3.31. The van der Waals surface area contributed by atoms with E-state index in [1.54, 1.807) is 0 Å². The van der Waals surface area contributed by atoms with Gasteiger partial charge in [0.2, 0.25) is 0 Å².